The molecular formula is C23H33N5O4. The number of nitrogen functional groups attached to an aromatic ring is 1. The zero-order valence-electron chi connectivity index (χ0n) is 19.0. The first-order valence-corrected chi connectivity index (χ1v) is 11.0. The summed E-state index contributed by atoms with van der Waals surface area (Å²) in [5.41, 5.74) is 5.94. The third-order valence-corrected chi connectivity index (χ3v) is 5.46. The van der Waals surface area contributed by atoms with Crippen LogP contribution in [0.5, 0.6) is 0 Å². The number of anilines is 2. The minimum absolute atomic E-state index is 0.0154. The Hall–Kier alpha value is -2.91. The van der Waals surface area contributed by atoms with E-state index in [2.05, 4.69) is 4.98 Å². The summed E-state index contributed by atoms with van der Waals surface area (Å²) in [4.78, 5) is 44.2. The van der Waals surface area contributed by atoms with Gasteiger partial charge >= 0.3 is 5.69 Å². The molecule has 1 atom stereocenters. The van der Waals surface area contributed by atoms with Gasteiger partial charge in [-0.25, -0.2) is 4.79 Å². The van der Waals surface area contributed by atoms with Crippen LogP contribution in [0.25, 0.3) is 0 Å². The lowest BCUT2D eigenvalue weighted by molar-refractivity contribution is -0.119. The van der Waals surface area contributed by atoms with Crippen LogP contribution in [0.2, 0.25) is 0 Å². The number of carbonyl (C=O) groups excluding carboxylic acids is 1. The molecule has 3 N–H and O–H groups in total. The fourth-order valence-electron chi connectivity index (χ4n) is 3.96. The molecule has 1 unspecified atom stereocenters. The van der Waals surface area contributed by atoms with Crippen molar-refractivity contribution in [2.24, 2.45) is 5.92 Å². The zero-order chi connectivity index (χ0) is 23.3. The van der Waals surface area contributed by atoms with E-state index in [4.69, 9.17) is 10.5 Å². The summed E-state index contributed by atoms with van der Waals surface area (Å²) in [5, 5.41) is 0. The van der Waals surface area contributed by atoms with Crippen LogP contribution in [0.3, 0.4) is 0 Å². The summed E-state index contributed by atoms with van der Waals surface area (Å²) in [6.07, 6.45) is 2.12. The Labute approximate surface area is 187 Å². The Morgan fingerprint density at radius 1 is 1.28 bits per heavy atom. The molecule has 1 aromatic heterocycles. The van der Waals surface area contributed by atoms with E-state index in [-0.39, 0.29) is 42.5 Å². The number of benzene rings is 1. The molecule has 1 aliphatic rings. The average Bonchev–Trinajstić information content (AvgIpc) is 3.23. The minimum Gasteiger partial charge on any atom is -0.383 e. The van der Waals surface area contributed by atoms with Crippen LogP contribution in [-0.4, -0.2) is 59.8 Å². The number of nitrogens with zero attached hydrogens (tertiary/aromatic N) is 3. The van der Waals surface area contributed by atoms with Crippen molar-refractivity contribution >= 4 is 17.4 Å². The molecule has 1 saturated heterocycles. The van der Waals surface area contributed by atoms with Gasteiger partial charge < -0.3 is 15.4 Å². The number of aromatic nitrogens is 2. The largest absolute Gasteiger partial charge is 0.383 e. The summed E-state index contributed by atoms with van der Waals surface area (Å²) in [6, 6.07) is 9.34. The highest BCUT2D eigenvalue weighted by atomic mass is 16.5. The summed E-state index contributed by atoms with van der Waals surface area (Å²) >= 11 is 0. The number of nitrogens with two attached hydrogens (primary N) is 1. The molecule has 2 heterocycles. The first-order chi connectivity index (χ1) is 15.3. The smallest absolute Gasteiger partial charge is 0.330 e. The predicted octanol–water partition coefficient (Wildman–Crippen LogP) is 1.27. The van der Waals surface area contributed by atoms with Crippen molar-refractivity contribution in [2.45, 2.75) is 39.3 Å². The van der Waals surface area contributed by atoms with Crippen molar-refractivity contribution < 1.29 is 9.53 Å². The van der Waals surface area contributed by atoms with E-state index in [1.54, 1.807) is 0 Å². The van der Waals surface area contributed by atoms with Crippen molar-refractivity contribution in [3.05, 3.63) is 56.7 Å². The van der Waals surface area contributed by atoms with Gasteiger partial charge in [0.2, 0.25) is 5.91 Å². The second kappa shape index (κ2) is 10.6. The monoisotopic (exact) mass is 443 g/mol. The highest BCUT2D eigenvalue weighted by Crippen LogP contribution is 2.20. The maximum atomic E-state index is 13.3. The maximum absolute atomic E-state index is 13.3. The summed E-state index contributed by atoms with van der Waals surface area (Å²) in [7, 11) is 1.86. The Balaban J connectivity index is 1.90. The fourth-order valence-corrected chi connectivity index (χ4v) is 3.96. The standard InChI is InChI=1S/C23H33N5O4/c1-16(2)12-27(19(29)15-26(3)14-18-10-7-11-32-18)20-21(24)28(23(31)25-22(20)30)13-17-8-5-4-6-9-17/h4-6,8-9,16,18H,7,10-15,24H2,1-3H3,(H,25,30,31). The second-order valence-corrected chi connectivity index (χ2v) is 8.79. The zero-order valence-corrected chi connectivity index (χ0v) is 19.0. The van der Waals surface area contributed by atoms with Crippen molar-refractivity contribution in [3.63, 3.8) is 0 Å². The molecule has 9 nitrogen and oxygen atoms in total. The maximum Gasteiger partial charge on any atom is 0.330 e. The summed E-state index contributed by atoms with van der Waals surface area (Å²) in [6.45, 7) is 5.92. The number of aromatic amines is 1. The van der Waals surface area contributed by atoms with Crippen LogP contribution >= 0.6 is 0 Å². The molecule has 1 fully saturated rings. The highest BCUT2D eigenvalue weighted by molar-refractivity contribution is 5.96. The number of rotatable bonds is 9. The predicted molar refractivity (Wildman–Crippen MR) is 125 cm³/mol. The number of hydrogen-bond donors (Lipinski definition) is 2. The van der Waals surface area contributed by atoms with E-state index in [0.29, 0.717) is 13.1 Å². The number of nitrogens with one attached hydrogen (secondary N) is 1. The van der Waals surface area contributed by atoms with Gasteiger partial charge in [0.1, 0.15) is 5.82 Å². The number of H-pyrrole nitrogens is 1. The molecule has 1 aromatic carbocycles. The lowest BCUT2D eigenvalue weighted by Gasteiger charge is -2.28. The number of ether oxygens (including phenoxy) is 1. The van der Waals surface area contributed by atoms with E-state index in [1.165, 1.54) is 9.47 Å². The van der Waals surface area contributed by atoms with Crippen LogP contribution in [0, 0.1) is 5.92 Å². The van der Waals surface area contributed by atoms with E-state index in [1.807, 2.05) is 56.1 Å². The average molecular weight is 444 g/mol. The van der Waals surface area contributed by atoms with E-state index in [0.717, 1.165) is 25.0 Å². The molecule has 9 heteroatoms. The third-order valence-electron chi connectivity index (χ3n) is 5.46. The minimum atomic E-state index is -0.660. The number of amides is 1. The topological polar surface area (TPSA) is 114 Å². The van der Waals surface area contributed by atoms with Gasteiger partial charge in [0, 0.05) is 19.7 Å². The van der Waals surface area contributed by atoms with Gasteiger partial charge in [-0.1, -0.05) is 44.2 Å². The van der Waals surface area contributed by atoms with E-state index >= 15 is 0 Å². The quantitative estimate of drug-likeness (QED) is 0.603. The van der Waals surface area contributed by atoms with Gasteiger partial charge in [-0.3, -0.25) is 24.0 Å². The molecule has 0 saturated carbocycles. The van der Waals surface area contributed by atoms with Gasteiger partial charge in [0.15, 0.2) is 5.69 Å². The van der Waals surface area contributed by atoms with E-state index in [9.17, 15) is 14.4 Å². The van der Waals surface area contributed by atoms with Gasteiger partial charge in [0.25, 0.3) is 5.56 Å². The third kappa shape index (κ3) is 5.86. The number of hydrogen-bond acceptors (Lipinski definition) is 6. The molecule has 0 bridgehead atoms. The van der Waals surface area contributed by atoms with Crippen molar-refractivity contribution in [2.75, 3.05) is 43.9 Å². The Bertz CT molecular complexity index is 1020. The van der Waals surface area contributed by atoms with Crippen molar-refractivity contribution in [1.82, 2.24) is 14.5 Å². The van der Waals surface area contributed by atoms with Gasteiger partial charge in [0.05, 0.1) is 19.2 Å². The van der Waals surface area contributed by atoms with Crippen molar-refractivity contribution in [1.29, 1.82) is 0 Å². The molecule has 2 aromatic rings. The first kappa shape index (κ1) is 23.7. The molecule has 0 spiro atoms. The Morgan fingerprint density at radius 3 is 2.62 bits per heavy atom. The number of likely N-dealkylation sites (N-methyl/N-ethyl adjacent to an activating group) is 1. The molecule has 0 aliphatic carbocycles. The molecule has 32 heavy (non-hydrogen) atoms. The van der Waals surface area contributed by atoms with Gasteiger partial charge in [-0.05, 0) is 31.4 Å². The van der Waals surface area contributed by atoms with E-state index < -0.39 is 11.2 Å². The SMILES string of the molecule is CC(C)CN(C(=O)CN(C)CC1CCCO1)c1c(N)n(Cc2ccccc2)c(=O)[nH]c1=O. The van der Waals surface area contributed by atoms with Crippen LogP contribution in [0.1, 0.15) is 32.3 Å². The molecule has 1 aliphatic heterocycles. The number of carbonyl (C=O) groups is 1. The van der Waals surface area contributed by atoms with Crippen LogP contribution in [-0.2, 0) is 16.1 Å². The Kier molecular flexibility index (Phi) is 7.87. The van der Waals surface area contributed by atoms with Gasteiger partial charge in [-0.2, -0.15) is 0 Å². The highest BCUT2D eigenvalue weighted by Gasteiger charge is 2.27. The van der Waals surface area contributed by atoms with Crippen LogP contribution in [0.4, 0.5) is 11.5 Å². The van der Waals surface area contributed by atoms with Crippen LogP contribution in [0.15, 0.2) is 39.9 Å². The van der Waals surface area contributed by atoms with Crippen molar-refractivity contribution in [3.8, 4) is 0 Å². The molecular weight excluding hydrogens is 410 g/mol. The normalized spacial score (nSPS) is 16.1. The first-order valence-electron chi connectivity index (χ1n) is 11.0. The fraction of sp³-hybridized carbons (Fsp3) is 0.522. The molecule has 3 rings (SSSR count). The lowest BCUT2D eigenvalue weighted by Crippen LogP contribution is -2.46. The van der Waals surface area contributed by atoms with Gasteiger partial charge in [-0.15, -0.1) is 0 Å². The Morgan fingerprint density at radius 2 is 2.00 bits per heavy atom. The second-order valence-electron chi connectivity index (χ2n) is 8.79. The summed E-state index contributed by atoms with van der Waals surface area (Å²) < 4.78 is 6.95. The summed E-state index contributed by atoms with van der Waals surface area (Å²) in [5.74, 6) is -0.171. The molecule has 174 valence electrons. The molecule has 0 radical (unpaired) electrons. The van der Waals surface area contributed by atoms with Crippen LogP contribution < -0.4 is 21.9 Å². The lowest BCUT2D eigenvalue weighted by atomic mass is 10.2. The molecule has 1 amide bonds.